The van der Waals surface area contributed by atoms with Gasteiger partial charge in [0.2, 0.25) is 0 Å². The zero-order valence-corrected chi connectivity index (χ0v) is 14.2. The smallest absolute Gasteiger partial charge is 0.743 e. The first kappa shape index (κ1) is 19.9. The van der Waals surface area contributed by atoms with Crippen LogP contribution in [0.2, 0.25) is 0 Å². The van der Waals surface area contributed by atoms with E-state index in [1.807, 2.05) is 0 Å². The second-order valence-corrected chi connectivity index (χ2v) is 6.74. The molecule has 0 spiro atoms. The molecule has 0 aliphatic carbocycles. The Balaban J connectivity index is 0.00000361. The van der Waals surface area contributed by atoms with Crippen LogP contribution in [0.4, 0.5) is 8.78 Å². The maximum absolute atomic E-state index is 12.8. The van der Waals surface area contributed by atoms with Crippen molar-refractivity contribution in [3.05, 3.63) is 29.8 Å². The van der Waals surface area contributed by atoms with Crippen LogP contribution in [-0.2, 0) is 24.4 Å². The third-order valence-corrected chi connectivity index (χ3v) is 4.18. The Morgan fingerprint density at radius 1 is 1.15 bits per heavy atom. The first-order valence-corrected chi connectivity index (χ1v) is 7.57. The van der Waals surface area contributed by atoms with Crippen LogP contribution in [-0.4, -0.2) is 33.2 Å². The van der Waals surface area contributed by atoms with Gasteiger partial charge in [-0.25, -0.2) is 8.42 Å². The Hall–Kier alpha value is -0.100. The van der Waals surface area contributed by atoms with E-state index in [0.717, 1.165) is 17.7 Å². The quantitative estimate of drug-likeness (QED) is 0.344. The first-order chi connectivity index (χ1) is 8.46. The Kier molecular flexibility index (Phi) is 6.74. The molecule has 0 saturated carbocycles. The van der Waals surface area contributed by atoms with E-state index < -0.39 is 37.0 Å². The molecule has 0 bridgehead atoms. The molecular weight excluding hydrogens is 329 g/mol. The number of benzene rings is 1. The van der Waals surface area contributed by atoms with Gasteiger partial charge in [-0.05, 0) is 19.1 Å². The Bertz CT molecular complexity index is 654. The summed E-state index contributed by atoms with van der Waals surface area (Å²) in [5, 5.41) is -4.81. The van der Waals surface area contributed by atoms with Gasteiger partial charge in [0.1, 0.15) is 6.61 Å². The van der Waals surface area contributed by atoms with Gasteiger partial charge in [0, 0.05) is 0 Å². The van der Waals surface area contributed by atoms with E-state index >= 15 is 0 Å². The van der Waals surface area contributed by atoms with Crippen LogP contribution >= 0.6 is 0 Å². The van der Waals surface area contributed by atoms with E-state index in [2.05, 4.69) is 4.18 Å². The van der Waals surface area contributed by atoms with Crippen molar-refractivity contribution < 1.29 is 63.9 Å². The molecule has 0 radical (unpaired) electrons. The van der Waals surface area contributed by atoms with Crippen molar-refractivity contribution in [1.82, 2.24) is 0 Å². The van der Waals surface area contributed by atoms with Gasteiger partial charge < -0.3 is 4.55 Å². The average molecular weight is 338 g/mol. The standard InChI is InChI=1S/C9H10F2O6S2.Na/c1-7-2-4-8(5-3-7)18(12,13)17-6-9(10,11)19(14,15)16;/h2-5H,6H2,1H3,(H,14,15,16);/q;+1/p-1. The molecule has 1 aromatic rings. The summed E-state index contributed by atoms with van der Waals surface area (Å²) in [5.41, 5.74) is 0.728. The van der Waals surface area contributed by atoms with Crippen LogP contribution in [0.15, 0.2) is 29.2 Å². The molecule has 0 aliphatic heterocycles. The molecule has 0 aromatic heterocycles. The summed E-state index contributed by atoms with van der Waals surface area (Å²) in [4.78, 5) is -0.419. The van der Waals surface area contributed by atoms with E-state index in [-0.39, 0.29) is 29.6 Å². The van der Waals surface area contributed by atoms with Crippen molar-refractivity contribution in [3.63, 3.8) is 0 Å². The minimum absolute atomic E-state index is 0. The molecule has 20 heavy (non-hydrogen) atoms. The van der Waals surface area contributed by atoms with Crippen molar-refractivity contribution in [2.45, 2.75) is 17.1 Å². The summed E-state index contributed by atoms with van der Waals surface area (Å²) in [6, 6.07) is 5.01. The third-order valence-electron chi connectivity index (χ3n) is 2.06. The SMILES string of the molecule is Cc1ccc(S(=O)(=O)OCC(F)(F)S(=O)(=O)[O-])cc1.[Na+]. The molecular formula is C9H9F2NaO6S2. The molecule has 0 aliphatic rings. The van der Waals surface area contributed by atoms with Gasteiger partial charge in [-0.2, -0.15) is 17.2 Å². The zero-order chi connectivity index (χ0) is 14.9. The summed E-state index contributed by atoms with van der Waals surface area (Å²) in [7, 11) is -10.5. The molecule has 108 valence electrons. The molecule has 1 rings (SSSR count). The van der Waals surface area contributed by atoms with E-state index in [9.17, 15) is 30.2 Å². The average Bonchev–Trinajstić information content (AvgIpc) is 2.26. The predicted molar refractivity (Wildman–Crippen MR) is 59.0 cm³/mol. The number of alkyl halides is 2. The van der Waals surface area contributed by atoms with Crippen molar-refractivity contribution in [2.75, 3.05) is 6.61 Å². The summed E-state index contributed by atoms with van der Waals surface area (Å²) in [6.07, 6.45) is 0. The van der Waals surface area contributed by atoms with Crippen LogP contribution < -0.4 is 29.6 Å². The summed E-state index contributed by atoms with van der Waals surface area (Å²) in [5.74, 6) is 0. The van der Waals surface area contributed by atoms with Crippen LogP contribution in [0.5, 0.6) is 0 Å². The topological polar surface area (TPSA) is 101 Å². The van der Waals surface area contributed by atoms with Gasteiger partial charge in [-0.3, -0.25) is 4.18 Å². The fourth-order valence-electron chi connectivity index (χ4n) is 0.991. The normalized spacial score (nSPS) is 12.8. The first-order valence-electron chi connectivity index (χ1n) is 4.75. The minimum atomic E-state index is -5.99. The molecule has 0 unspecified atom stereocenters. The minimum Gasteiger partial charge on any atom is -0.743 e. The van der Waals surface area contributed by atoms with E-state index in [4.69, 9.17) is 0 Å². The number of hydrogen-bond donors (Lipinski definition) is 0. The molecule has 1 aromatic carbocycles. The molecule has 0 amide bonds. The molecule has 0 heterocycles. The van der Waals surface area contributed by atoms with E-state index in [1.165, 1.54) is 12.1 Å². The number of halogens is 2. The monoisotopic (exact) mass is 338 g/mol. The Morgan fingerprint density at radius 2 is 1.60 bits per heavy atom. The maximum Gasteiger partial charge on any atom is 1.00 e. The van der Waals surface area contributed by atoms with Gasteiger partial charge in [0.25, 0.3) is 10.1 Å². The summed E-state index contributed by atoms with van der Waals surface area (Å²) in [6.45, 7) is -0.384. The Morgan fingerprint density at radius 3 is 2.00 bits per heavy atom. The van der Waals surface area contributed by atoms with Gasteiger partial charge in [0.05, 0.1) is 4.90 Å². The molecule has 0 N–H and O–H groups in total. The van der Waals surface area contributed by atoms with Gasteiger partial charge in [-0.15, -0.1) is 0 Å². The van der Waals surface area contributed by atoms with Crippen LogP contribution in [0.25, 0.3) is 0 Å². The number of rotatable bonds is 5. The molecule has 0 atom stereocenters. The number of aryl methyl sites for hydroxylation is 1. The van der Waals surface area contributed by atoms with Crippen LogP contribution in [0, 0.1) is 6.92 Å². The van der Waals surface area contributed by atoms with Crippen molar-refractivity contribution >= 4 is 20.2 Å². The van der Waals surface area contributed by atoms with Gasteiger partial charge in [-0.1, -0.05) is 17.7 Å². The van der Waals surface area contributed by atoms with Crippen molar-refractivity contribution in [1.29, 1.82) is 0 Å². The molecule has 0 fully saturated rings. The van der Waals surface area contributed by atoms with Crippen molar-refractivity contribution in [2.24, 2.45) is 0 Å². The number of hydrogen-bond acceptors (Lipinski definition) is 6. The fourth-order valence-corrected chi connectivity index (χ4v) is 2.18. The van der Waals surface area contributed by atoms with E-state index in [0.29, 0.717) is 0 Å². The van der Waals surface area contributed by atoms with E-state index in [1.54, 1.807) is 6.92 Å². The fraction of sp³-hybridized carbons (Fsp3) is 0.333. The molecule has 6 nitrogen and oxygen atoms in total. The predicted octanol–water partition coefficient (Wildman–Crippen LogP) is -2.16. The van der Waals surface area contributed by atoms with Gasteiger partial charge >= 0.3 is 34.8 Å². The van der Waals surface area contributed by atoms with Gasteiger partial charge in [0.15, 0.2) is 10.1 Å². The largest absolute Gasteiger partial charge is 1.00 e. The van der Waals surface area contributed by atoms with Crippen molar-refractivity contribution in [3.8, 4) is 0 Å². The summed E-state index contributed by atoms with van der Waals surface area (Å²) >= 11 is 0. The zero-order valence-electron chi connectivity index (χ0n) is 10.5. The molecule has 11 heteroatoms. The Labute approximate surface area is 137 Å². The second-order valence-electron chi connectivity index (χ2n) is 3.62. The summed E-state index contributed by atoms with van der Waals surface area (Å²) < 4.78 is 82.8. The molecule has 0 saturated heterocycles. The maximum atomic E-state index is 12.8. The third kappa shape index (κ3) is 5.02. The van der Waals surface area contributed by atoms with Crippen LogP contribution in [0.3, 0.4) is 0 Å². The second kappa shape index (κ2) is 6.77. The van der Waals surface area contributed by atoms with Crippen LogP contribution in [0.1, 0.15) is 5.56 Å².